The Balaban J connectivity index is 0.000000178. The van der Waals surface area contributed by atoms with Crippen molar-refractivity contribution in [2.45, 2.75) is 168 Å². The van der Waals surface area contributed by atoms with Crippen molar-refractivity contribution < 1.29 is 37.0 Å². The Morgan fingerprint density at radius 1 is 0.712 bits per heavy atom. The number of aromatic nitrogens is 8. The third-order valence-electron chi connectivity index (χ3n) is 13.1. The topological polar surface area (TPSA) is 218 Å². The standard InChI is InChI=1S/C24H34N4O3.C15H22N2O4S.C9H15N3O/c1-5-30-23(29)24(4)10-9-18(15-24)20-12-16(2)25-21(26-20)14-19-13-17(3)28(27-19)22-8-6-7-11-31-22;1-5-21-13(18)15(3)7-6-11(9-15)12-8-10(2)16-14(17-12)22(4,19)20;1-7-6-8(10)11-12(7)9-4-2-3-5-13-9/h12-13,18,22H,5-11,14-15H2,1-4H3;8,11H,5-7,9H2,1-4H3;6,9H,2-5H2,1H3,(H2,10,11)/t18-,22?,24-;11-,15-;/m11./s1. The summed E-state index contributed by atoms with van der Waals surface area (Å²) in [7, 11) is -3.44. The SMILES string of the molecule is CCOC(=O)[C@]1(C)CC[C@@H](c2cc(C)nc(Cc3cc(C)n(C4CCCCO4)n3)n2)C1.CCOC(=O)[C@]1(C)CC[C@@H](c2cc(C)nc(S(C)(=O)=O)n2)C1.Cc1cc(N)nn1C1CCCCO1. The van der Waals surface area contributed by atoms with E-state index in [0.717, 1.165) is 105 Å². The van der Waals surface area contributed by atoms with Gasteiger partial charge < -0.3 is 24.7 Å². The third kappa shape index (κ3) is 12.8. The molecule has 2 unspecified atom stereocenters. The van der Waals surface area contributed by atoms with Gasteiger partial charge in [-0.2, -0.15) is 10.2 Å². The number of rotatable bonds is 11. The predicted molar refractivity (Wildman–Crippen MR) is 248 cm³/mol. The summed E-state index contributed by atoms with van der Waals surface area (Å²) in [5.41, 5.74) is 11.1. The van der Waals surface area contributed by atoms with Crippen LogP contribution in [0.1, 0.15) is 175 Å². The molecule has 0 bridgehead atoms. The average molecular weight is 934 g/mol. The summed E-state index contributed by atoms with van der Waals surface area (Å²) in [6.45, 7) is 17.8. The molecule has 4 aromatic rings. The fourth-order valence-electron chi connectivity index (χ4n) is 9.58. The fourth-order valence-corrected chi connectivity index (χ4v) is 10.2. The molecule has 2 N–H and O–H groups in total. The Morgan fingerprint density at radius 3 is 1.68 bits per heavy atom. The molecule has 0 aromatic carbocycles. The molecule has 4 aliphatic rings. The molecule has 18 heteroatoms. The van der Waals surface area contributed by atoms with Crippen LogP contribution >= 0.6 is 0 Å². The van der Waals surface area contributed by atoms with Crippen LogP contribution in [-0.4, -0.2) is 92.5 Å². The summed E-state index contributed by atoms with van der Waals surface area (Å²) in [6.07, 6.45) is 13.2. The van der Waals surface area contributed by atoms with Crippen LogP contribution in [0.15, 0.2) is 29.4 Å². The van der Waals surface area contributed by atoms with Crippen LogP contribution in [0.25, 0.3) is 0 Å². The molecule has 362 valence electrons. The minimum atomic E-state index is -3.44. The van der Waals surface area contributed by atoms with Gasteiger partial charge in [0.05, 0.1) is 36.2 Å². The Kier molecular flexibility index (Phi) is 16.8. The summed E-state index contributed by atoms with van der Waals surface area (Å²) < 4.78 is 49.2. The number of sulfone groups is 1. The van der Waals surface area contributed by atoms with Crippen LogP contribution in [0.4, 0.5) is 5.82 Å². The first-order valence-electron chi connectivity index (χ1n) is 23.6. The maximum absolute atomic E-state index is 12.4. The number of hydrogen-bond donors (Lipinski definition) is 1. The van der Waals surface area contributed by atoms with Crippen molar-refractivity contribution in [3.05, 3.63) is 69.9 Å². The van der Waals surface area contributed by atoms with Gasteiger partial charge in [0.15, 0.2) is 6.23 Å². The second-order valence-electron chi connectivity index (χ2n) is 19.0. The monoisotopic (exact) mass is 934 g/mol. The van der Waals surface area contributed by atoms with Gasteiger partial charge in [0.25, 0.3) is 0 Å². The van der Waals surface area contributed by atoms with Crippen molar-refractivity contribution >= 4 is 27.6 Å². The van der Waals surface area contributed by atoms with E-state index in [4.69, 9.17) is 34.8 Å². The lowest BCUT2D eigenvalue weighted by atomic mass is 9.87. The molecule has 2 aliphatic heterocycles. The fraction of sp³-hybridized carbons (Fsp3) is 0.667. The maximum Gasteiger partial charge on any atom is 0.311 e. The third-order valence-corrected chi connectivity index (χ3v) is 13.9. The number of carbonyl (C=O) groups is 2. The first kappa shape index (κ1) is 50.6. The lowest BCUT2D eigenvalue weighted by Crippen LogP contribution is -2.27. The van der Waals surface area contributed by atoms with E-state index in [1.54, 1.807) is 19.9 Å². The van der Waals surface area contributed by atoms with Crippen LogP contribution < -0.4 is 5.73 Å². The van der Waals surface area contributed by atoms with Crippen LogP contribution in [0.3, 0.4) is 0 Å². The number of nitrogens with two attached hydrogens (primary N) is 1. The minimum Gasteiger partial charge on any atom is -0.466 e. The number of esters is 2. The van der Waals surface area contributed by atoms with Crippen molar-refractivity contribution in [1.82, 2.24) is 39.5 Å². The van der Waals surface area contributed by atoms with E-state index in [9.17, 15) is 18.0 Å². The van der Waals surface area contributed by atoms with Crippen molar-refractivity contribution in [2.75, 3.05) is 38.4 Å². The molecule has 4 fully saturated rings. The largest absolute Gasteiger partial charge is 0.466 e. The minimum absolute atomic E-state index is 0.0375. The summed E-state index contributed by atoms with van der Waals surface area (Å²) in [4.78, 5) is 42.2. The van der Waals surface area contributed by atoms with E-state index in [1.807, 2.05) is 50.0 Å². The highest BCUT2D eigenvalue weighted by molar-refractivity contribution is 7.90. The molecule has 6 atom stereocenters. The van der Waals surface area contributed by atoms with E-state index >= 15 is 0 Å². The molecule has 0 spiro atoms. The highest BCUT2D eigenvalue weighted by Gasteiger charge is 2.44. The molecule has 4 aromatic heterocycles. The molecule has 17 nitrogen and oxygen atoms in total. The van der Waals surface area contributed by atoms with E-state index in [-0.39, 0.29) is 41.4 Å². The Labute approximate surface area is 390 Å². The molecule has 0 amide bonds. The molecular formula is C48H71N9O8S. The van der Waals surface area contributed by atoms with Crippen LogP contribution in [0.2, 0.25) is 0 Å². The first-order chi connectivity index (χ1) is 31.3. The van der Waals surface area contributed by atoms with E-state index in [1.165, 1.54) is 12.8 Å². The first-order valence-corrected chi connectivity index (χ1v) is 25.5. The maximum atomic E-state index is 12.4. The van der Waals surface area contributed by atoms with Gasteiger partial charge in [0.2, 0.25) is 15.0 Å². The number of hydrogen-bond acceptors (Lipinski definition) is 15. The molecule has 66 heavy (non-hydrogen) atoms. The molecule has 6 heterocycles. The Morgan fingerprint density at radius 2 is 1.21 bits per heavy atom. The number of aryl methyl sites for hydroxylation is 4. The van der Waals surface area contributed by atoms with Crippen molar-refractivity contribution in [3.63, 3.8) is 0 Å². The lowest BCUT2D eigenvalue weighted by Gasteiger charge is -2.23. The second kappa shape index (κ2) is 21.9. The van der Waals surface area contributed by atoms with Crippen molar-refractivity contribution in [1.29, 1.82) is 0 Å². The normalized spacial score (nSPS) is 25.3. The molecular weight excluding hydrogens is 863 g/mol. The van der Waals surface area contributed by atoms with Gasteiger partial charge in [-0.15, -0.1) is 0 Å². The number of nitrogen functional groups attached to an aromatic ring is 1. The van der Waals surface area contributed by atoms with Crippen LogP contribution in [0, 0.1) is 38.5 Å². The molecule has 2 saturated carbocycles. The number of anilines is 1. The van der Waals surface area contributed by atoms with Gasteiger partial charge in [-0.3, -0.25) is 9.59 Å². The summed E-state index contributed by atoms with van der Waals surface area (Å²) in [6, 6.07) is 7.84. The highest BCUT2D eigenvalue weighted by Crippen LogP contribution is 2.48. The van der Waals surface area contributed by atoms with Gasteiger partial charge in [0, 0.05) is 71.5 Å². The molecule has 0 radical (unpaired) electrons. The molecule has 2 saturated heterocycles. The average Bonchev–Trinajstić information content (AvgIpc) is 4.07. The Bertz CT molecular complexity index is 2410. The molecule has 8 rings (SSSR count). The predicted octanol–water partition coefficient (Wildman–Crippen LogP) is 7.91. The zero-order valence-corrected chi connectivity index (χ0v) is 41.3. The van der Waals surface area contributed by atoms with Gasteiger partial charge in [-0.25, -0.2) is 37.7 Å². The quantitative estimate of drug-likeness (QED) is 0.112. The van der Waals surface area contributed by atoms with Crippen LogP contribution in [-0.2, 0) is 44.8 Å². The second-order valence-corrected chi connectivity index (χ2v) is 20.9. The smallest absolute Gasteiger partial charge is 0.311 e. The van der Waals surface area contributed by atoms with Gasteiger partial charge in [-0.05, 0) is 151 Å². The molecule has 2 aliphatic carbocycles. The van der Waals surface area contributed by atoms with Gasteiger partial charge in [0.1, 0.15) is 17.9 Å². The highest BCUT2D eigenvalue weighted by atomic mass is 32.2. The lowest BCUT2D eigenvalue weighted by molar-refractivity contribution is -0.154. The van der Waals surface area contributed by atoms with Crippen LogP contribution in [0.5, 0.6) is 0 Å². The van der Waals surface area contributed by atoms with E-state index in [2.05, 4.69) is 39.1 Å². The summed E-state index contributed by atoms with van der Waals surface area (Å²) >= 11 is 0. The number of carbonyl (C=O) groups excluding carboxylic acids is 2. The zero-order valence-electron chi connectivity index (χ0n) is 40.5. The summed E-state index contributed by atoms with van der Waals surface area (Å²) in [5.74, 6) is 1.39. The van der Waals surface area contributed by atoms with Gasteiger partial charge >= 0.3 is 11.9 Å². The summed E-state index contributed by atoms with van der Waals surface area (Å²) in [5, 5.41) is 8.86. The number of nitrogens with zero attached hydrogens (tertiary/aromatic N) is 8. The Hall–Kier alpha value is -4.81. The van der Waals surface area contributed by atoms with E-state index < -0.39 is 20.7 Å². The van der Waals surface area contributed by atoms with Gasteiger partial charge in [-0.1, -0.05) is 0 Å². The van der Waals surface area contributed by atoms with Crippen molar-refractivity contribution in [3.8, 4) is 0 Å². The van der Waals surface area contributed by atoms with E-state index in [0.29, 0.717) is 49.7 Å². The number of ether oxygens (including phenoxy) is 4. The van der Waals surface area contributed by atoms with Crippen molar-refractivity contribution in [2.24, 2.45) is 10.8 Å². The zero-order chi connectivity index (χ0) is 47.8.